The molecule has 1 saturated heterocycles. The number of carbonyl (C=O) groups is 3. The first-order valence-electron chi connectivity index (χ1n) is 10.2. The fraction of sp³-hybridized carbons (Fsp3) is 0.571. The lowest BCUT2D eigenvalue weighted by molar-refractivity contribution is -0.126. The van der Waals surface area contributed by atoms with Gasteiger partial charge in [-0.25, -0.2) is 4.79 Å². The predicted molar refractivity (Wildman–Crippen MR) is 106 cm³/mol. The molecule has 1 heterocycles. The molecule has 1 aromatic rings. The van der Waals surface area contributed by atoms with Gasteiger partial charge in [0.2, 0.25) is 11.8 Å². The Bertz CT molecular complexity index is 708. The number of alkyl carbamates (subject to hydrolysis) is 1. The maximum Gasteiger partial charge on any atom is 0.408 e. The van der Waals surface area contributed by atoms with Crippen LogP contribution in [0.2, 0.25) is 0 Å². The van der Waals surface area contributed by atoms with E-state index >= 15 is 0 Å². The Morgan fingerprint density at radius 1 is 1.14 bits per heavy atom. The van der Waals surface area contributed by atoms with E-state index in [9.17, 15) is 19.5 Å². The molecule has 1 aliphatic carbocycles. The summed E-state index contributed by atoms with van der Waals surface area (Å²) in [5.41, 5.74) is 0.862. The summed E-state index contributed by atoms with van der Waals surface area (Å²) in [7, 11) is 0. The van der Waals surface area contributed by atoms with Gasteiger partial charge in [-0.3, -0.25) is 9.59 Å². The minimum atomic E-state index is -0.725. The summed E-state index contributed by atoms with van der Waals surface area (Å²) in [5.74, 6) is -0.202. The van der Waals surface area contributed by atoms with Gasteiger partial charge in [0, 0.05) is 12.5 Å². The molecule has 0 aromatic heterocycles. The van der Waals surface area contributed by atoms with Gasteiger partial charge in [-0.15, -0.1) is 0 Å². The highest BCUT2D eigenvalue weighted by Gasteiger charge is 2.33. The molecule has 0 radical (unpaired) electrons. The van der Waals surface area contributed by atoms with Crippen molar-refractivity contribution in [3.05, 3.63) is 35.9 Å². The molecule has 1 saturated carbocycles. The van der Waals surface area contributed by atoms with Crippen molar-refractivity contribution >= 4 is 17.9 Å². The Balaban J connectivity index is 1.51. The van der Waals surface area contributed by atoms with Crippen molar-refractivity contribution in [3.63, 3.8) is 0 Å². The van der Waals surface area contributed by atoms with Crippen LogP contribution >= 0.6 is 0 Å². The number of benzene rings is 1. The molecule has 8 heteroatoms. The van der Waals surface area contributed by atoms with Crippen LogP contribution in [0.25, 0.3) is 0 Å². The van der Waals surface area contributed by atoms with Crippen molar-refractivity contribution in [3.8, 4) is 0 Å². The van der Waals surface area contributed by atoms with E-state index in [-0.39, 0.29) is 30.9 Å². The van der Waals surface area contributed by atoms with Crippen molar-refractivity contribution in [1.82, 2.24) is 16.0 Å². The van der Waals surface area contributed by atoms with Gasteiger partial charge in [0.1, 0.15) is 12.6 Å². The number of aliphatic hydroxyl groups excluding tert-OH is 1. The lowest BCUT2D eigenvalue weighted by atomic mass is 9.98. The van der Waals surface area contributed by atoms with Crippen molar-refractivity contribution in [2.24, 2.45) is 11.8 Å². The minimum Gasteiger partial charge on any atom is -0.445 e. The van der Waals surface area contributed by atoms with E-state index in [0.29, 0.717) is 31.7 Å². The summed E-state index contributed by atoms with van der Waals surface area (Å²) in [6, 6.07) is 8.06. The lowest BCUT2D eigenvalue weighted by Gasteiger charge is -2.23. The van der Waals surface area contributed by atoms with E-state index in [0.717, 1.165) is 18.4 Å². The van der Waals surface area contributed by atoms with E-state index in [4.69, 9.17) is 4.74 Å². The summed E-state index contributed by atoms with van der Waals surface area (Å²) >= 11 is 0. The largest absolute Gasteiger partial charge is 0.445 e. The van der Waals surface area contributed by atoms with Crippen LogP contribution in [0.5, 0.6) is 0 Å². The second-order valence-corrected chi connectivity index (χ2v) is 7.84. The molecule has 158 valence electrons. The molecule has 4 N–H and O–H groups in total. The van der Waals surface area contributed by atoms with Gasteiger partial charge in [0.25, 0.3) is 0 Å². The molecular weight excluding hydrogens is 374 g/mol. The van der Waals surface area contributed by atoms with E-state index in [1.165, 1.54) is 0 Å². The summed E-state index contributed by atoms with van der Waals surface area (Å²) in [4.78, 5) is 36.7. The van der Waals surface area contributed by atoms with Crippen LogP contribution in [0.4, 0.5) is 4.79 Å². The summed E-state index contributed by atoms with van der Waals surface area (Å²) < 4.78 is 5.23. The summed E-state index contributed by atoms with van der Waals surface area (Å²) in [5, 5.41) is 17.8. The standard InChI is InChI=1S/C21H29N3O5/c25-12-17(11-16-8-9-22-19(16)26)23-20(27)18(10-14-6-7-14)24-21(28)29-13-15-4-2-1-3-5-15/h1-5,14,16-18,25H,6-13H2,(H,22,26)(H,23,27)(H,24,28)/t16-,17-,18-/m0/s1. The Kier molecular flexibility index (Phi) is 7.46. The zero-order valence-electron chi connectivity index (χ0n) is 16.4. The van der Waals surface area contributed by atoms with Gasteiger partial charge < -0.3 is 25.8 Å². The van der Waals surface area contributed by atoms with Gasteiger partial charge >= 0.3 is 6.09 Å². The van der Waals surface area contributed by atoms with Gasteiger partial charge in [0.05, 0.1) is 12.6 Å². The Morgan fingerprint density at radius 2 is 1.90 bits per heavy atom. The monoisotopic (exact) mass is 403 g/mol. The first-order valence-corrected chi connectivity index (χ1v) is 10.2. The summed E-state index contributed by atoms with van der Waals surface area (Å²) in [6.07, 6.45) is 3.04. The molecule has 2 fully saturated rings. The number of nitrogens with one attached hydrogen (secondary N) is 3. The summed E-state index contributed by atoms with van der Waals surface area (Å²) in [6.45, 7) is 0.485. The maximum absolute atomic E-state index is 12.7. The Labute approximate surface area is 170 Å². The number of ether oxygens (including phenoxy) is 1. The van der Waals surface area contributed by atoms with Crippen LogP contribution in [0.15, 0.2) is 30.3 Å². The zero-order valence-corrected chi connectivity index (χ0v) is 16.4. The Hall–Kier alpha value is -2.61. The van der Waals surface area contributed by atoms with E-state index in [1.54, 1.807) is 0 Å². The van der Waals surface area contributed by atoms with Crippen LogP contribution in [-0.2, 0) is 20.9 Å². The van der Waals surface area contributed by atoms with Crippen molar-refractivity contribution in [2.45, 2.75) is 50.8 Å². The van der Waals surface area contributed by atoms with Gasteiger partial charge in [-0.05, 0) is 30.7 Å². The van der Waals surface area contributed by atoms with E-state index < -0.39 is 18.2 Å². The SMILES string of the molecule is O=C(N[C@@H](CC1CC1)C(=O)N[C@H](CO)C[C@@H]1CCNC1=O)OCc1ccccc1. The molecule has 0 spiro atoms. The number of aliphatic hydroxyl groups is 1. The topological polar surface area (TPSA) is 117 Å². The normalized spacial score (nSPS) is 20.4. The fourth-order valence-electron chi connectivity index (χ4n) is 3.52. The van der Waals surface area contributed by atoms with Crippen molar-refractivity contribution < 1.29 is 24.2 Å². The first-order chi connectivity index (χ1) is 14.0. The molecule has 1 aromatic carbocycles. The third kappa shape index (κ3) is 6.74. The molecule has 3 amide bonds. The lowest BCUT2D eigenvalue weighted by Crippen LogP contribution is -2.51. The fourth-order valence-corrected chi connectivity index (χ4v) is 3.52. The smallest absolute Gasteiger partial charge is 0.408 e. The molecular formula is C21H29N3O5. The van der Waals surface area contributed by atoms with Crippen molar-refractivity contribution in [1.29, 1.82) is 0 Å². The average molecular weight is 403 g/mol. The highest BCUT2D eigenvalue weighted by Crippen LogP contribution is 2.33. The van der Waals surface area contributed by atoms with Gasteiger partial charge in [-0.1, -0.05) is 43.2 Å². The zero-order chi connectivity index (χ0) is 20.6. The highest BCUT2D eigenvalue weighted by molar-refractivity contribution is 5.86. The molecule has 1 aliphatic heterocycles. The highest BCUT2D eigenvalue weighted by atomic mass is 16.5. The van der Waals surface area contributed by atoms with Crippen LogP contribution in [0.1, 0.15) is 37.7 Å². The third-order valence-corrected chi connectivity index (χ3v) is 5.39. The predicted octanol–water partition coefficient (Wildman–Crippen LogP) is 1.08. The molecule has 3 rings (SSSR count). The van der Waals surface area contributed by atoms with Gasteiger partial charge in [-0.2, -0.15) is 0 Å². The molecule has 8 nitrogen and oxygen atoms in total. The van der Waals surface area contributed by atoms with Gasteiger partial charge in [0.15, 0.2) is 0 Å². The molecule has 0 unspecified atom stereocenters. The van der Waals surface area contributed by atoms with Crippen LogP contribution < -0.4 is 16.0 Å². The van der Waals surface area contributed by atoms with E-state index in [2.05, 4.69) is 16.0 Å². The molecule has 3 atom stereocenters. The second kappa shape index (κ2) is 10.2. The second-order valence-electron chi connectivity index (χ2n) is 7.84. The number of rotatable bonds is 10. The molecule has 29 heavy (non-hydrogen) atoms. The third-order valence-electron chi connectivity index (χ3n) is 5.39. The van der Waals surface area contributed by atoms with Crippen LogP contribution in [0, 0.1) is 11.8 Å². The Morgan fingerprint density at radius 3 is 2.52 bits per heavy atom. The number of hydrogen-bond donors (Lipinski definition) is 4. The first kappa shape index (κ1) is 21.1. The minimum absolute atomic E-state index is 0.0464. The number of carbonyl (C=O) groups excluding carboxylic acids is 3. The van der Waals surface area contributed by atoms with Crippen LogP contribution in [0.3, 0.4) is 0 Å². The molecule has 0 bridgehead atoms. The van der Waals surface area contributed by atoms with E-state index in [1.807, 2.05) is 30.3 Å². The quantitative estimate of drug-likeness (QED) is 0.467. The number of amides is 3. The van der Waals surface area contributed by atoms with Crippen molar-refractivity contribution in [2.75, 3.05) is 13.2 Å². The number of hydrogen-bond acceptors (Lipinski definition) is 5. The van der Waals surface area contributed by atoms with Crippen LogP contribution in [-0.4, -0.2) is 48.2 Å². The molecule has 2 aliphatic rings. The maximum atomic E-state index is 12.7. The average Bonchev–Trinajstić information content (AvgIpc) is 3.46.